The number of rotatable bonds is 6. The predicted octanol–water partition coefficient (Wildman–Crippen LogP) is 3.57. The highest BCUT2D eigenvalue weighted by molar-refractivity contribution is 7.80. The molecule has 0 aromatic carbocycles. The second-order valence-corrected chi connectivity index (χ2v) is 3.43. The third kappa shape index (κ3) is 4.70. The van der Waals surface area contributed by atoms with Crippen LogP contribution in [-0.4, -0.2) is 11.7 Å². The van der Waals surface area contributed by atoms with Gasteiger partial charge in [0, 0.05) is 5.92 Å². The Morgan fingerprint density at radius 1 is 1.17 bits per heavy atom. The summed E-state index contributed by atoms with van der Waals surface area (Å²) in [6.45, 7) is 7.08. The average Bonchev–Trinajstić information content (AvgIpc) is 2.04. The Morgan fingerprint density at radius 2 is 1.67 bits per heavy atom. The first-order chi connectivity index (χ1) is 5.76. The van der Waals surface area contributed by atoms with Crippen LogP contribution in [0.2, 0.25) is 0 Å². The van der Waals surface area contributed by atoms with Gasteiger partial charge < -0.3 is 4.74 Å². The zero-order valence-corrected chi connectivity index (χ0v) is 9.25. The van der Waals surface area contributed by atoms with Crippen molar-refractivity contribution in [1.82, 2.24) is 0 Å². The molecular formula is C10H20OS. The van der Waals surface area contributed by atoms with Gasteiger partial charge in [0.1, 0.15) is 0 Å². The Balaban J connectivity index is 3.81. The molecule has 0 spiro atoms. The van der Waals surface area contributed by atoms with Crippen molar-refractivity contribution in [2.75, 3.05) is 6.61 Å². The molecule has 72 valence electrons. The van der Waals surface area contributed by atoms with Gasteiger partial charge >= 0.3 is 0 Å². The summed E-state index contributed by atoms with van der Waals surface area (Å²) in [4.78, 5) is 0. The summed E-state index contributed by atoms with van der Waals surface area (Å²) in [5.41, 5.74) is 0. The number of ether oxygens (including phenoxy) is 1. The van der Waals surface area contributed by atoms with Gasteiger partial charge in [0.2, 0.25) is 0 Å². The van der Waals surface area contributed by atoms with Gasteiger partial charge in [-0.05, 0) is 32.0 Å². The van der Waals surface area contributed by atoms with E-state index in [1.54, 1.807) is 0 Å². The average molecular weight is 188 g/mol. The molecule has 0 fully saturated rings. The van der Waals surface area contributed by atoms with Crippen molar-refractivity contribution < 1.29 is 4.74 Å². The molecule has 12 heavy (non-hydrogen) atoms. The highest BCUT2D eigenvalue weighted by Gasteiger charge is 2.12. The predicted molar refractivity (Wildman–Crippen MR) is 57.5 cm³/mol. The Morgan fingerprint density at radius 3 is 2.00 bits per heavy atom. The molecule has 0 rings (SSSR count). The number of hydrogen-bond donors (Lipinski definition) is 0. The van der Waals surface area contributed by atoms with Crippen LogP contribution in [0.4, 0.5) is 0 Å². The van der Waals surface area contributed by atoms with E-state index in [4.69, 9.17) is 17.0 Å². The molecule has 0 bridgehead atoms. The fraction of sp³-hybridized carbons (Fsp3) is 0.900. The van der Waals surface area contributed by atoms with Gasteiger partial charge in [-0.1, -0.05) is 26.7 Å². The van der Waals surface area contributed by atoms with Gasteiger partial charge in [-0.25, -0.2) is 0 Å². The molecule has 0 aliphatic rings. The monoisotopic (exact) mass is 188 g/mol. The number of hydrogen-bond acceptors (Lipinski definition) is 2. The minimum atomic E-state index is 0.509. The molecule has 0 saturated heterocycles. The summed E-state index contributed by atoms with van der Waals surface area (Å²) in [5, 5.41) is 0.821. The van der Waals surface area contributed by atoms with E-state index in [0.717, 1.165) is 5.05 Å². The van der Waals surface area contributed by atoms with Crippen molar-refractivity contribution in [2.45, 2.75) is 46.5 Å². The van der Waals surface area contributed by atoms with E-state index in [9.17, 15) is 0 Å². The Bertz CT molecular complexity index is 117. The van der Waals surface area contributed by atoms with Gasteiger partial charge in [-0.3, -0.25) is 0 Å². The summed E-state index contributed by atoms with van der Waals surface area (Å²) < 4.78 is 5.34. The summed E-state index contributed by atoms with van der Waals surface area (Å²) in [6.07, 6.45) is 4.73. The maximum atomic E-state index is 5.34. The van der Waals surface area contributed by atoms with Crippen molar-refractivity contribution >= 4 is 17.3 Å². The van der Waals surface area contributed by atoms with E-state index in [-0.39, 0.29) is 0 Å². The van der Waals surface area contributed by atoms with Gasteiger partial charge in [0.05, 0.1) is 6.61 Å². The van der Waals surface area contributed by atoms with Crippen molar-refractivity contribution in [3.8, 4) is 0 Å². The van der Waals surface area contributed by atoms with E-state index >= 15 is 0 Å². The first-order valence-corrected chi connectivity index (χ1v) is 5.33. The third-order valence-corrected chi connectivity index (χ3v) is 2.35. The van der Waals surface area contributed by atoms with Crippen molar-refractivity contribution in [3.63, 3.8) is 0 Å². The van der Waals surface area contributed by atoms with Crippen molar-refractivity contribution in [2.24, 2.45) is 5.92 Å². The lowest BCUT2D eigenvalue weighted by molar-refractivity contribution is 0.302. The minimum Gasteiger partial charge on any atom is -0.487 e. The molecule has 0 N–H and O–H groups in total. The van der Waals surface area contributed by atoms with Crippen LogP contribution in [0.5, 0.6) is 0 Å². The van der Waals surface area contributed by atoms with Crippen molar-refractivity contribution in [3.05, 3.63) is 0 Å². The molecule has 0 atom stereocenters. The highest BCUT2D eigenvalue weighted by atomic mass is 32.1. The quantitative estimate of drug-likeness (QED) is 0.589. The van der Waals surface area contributed by atoms with E-state index in [0.29, 0.717) is 12.5 Å². The molecule has 0 aliphatic carbocycles. The zero-order chi connectivity index (χ0) is 9.40. The Hall–Kier alpha value is -0.110. The third-order valence-electron chi connectivity index (χ3n) is 1.89. The summed E-state index contributed by atoms with van der Waals surface area (Å²) in [6, 6.07) is 0. The first kappa shape index (κ1) is 11.9. The van der Waals surface area contributed by atoms with Crippen LogP contribution in [-0.2, 0) is 4.74 Å². The van der Waals surface area contributed by atoms with Crippen LogP contribution in [0.3, 0.4) is 0 Å². The van der Waals surface area contributed by atoms with Crippen LogP contribution < -0.4 is 0 Å². The molecule has 0 saturated carbocycles. The fourth-order valence-electron chi connectivity index (χ4n) is 1.34. The Labute approximate surface area is 81.5 Å². The molecule has 0 heterocycles. The standard InChI is InChI=1S/C10H20OS/c1-4-7-9(8-5-2)10(12)11-6-3/h9H,4-8H2,1-3H3. The van der Waals surface area contributed by atoms with E-state index < -0.39 is 0 Å². The van der Waals surface area contributed by atoms with Crippen LogP contribution in [0, 0.1) is 5.92 Å². The minimum absolute atomic E-state index is 0.509. The van der Waals surface area contributed by atoms with Crippen LogP contribution in [0.1, 0.15) is 46.5 Å². The molecule has 0 amide bonds. The smallest absolute Gasteiger partial charge is 0.162 e. The molecule has 0 radical (unpaired) electrons. The molecule has 0 unspecified atom stereocenters. The van der Waals surface area contributed by atoms with E-state index in [1.165, 1.54) is 25.7 Å². The zero-order valence-electron chi connectivity index (χ0n) is 8.43. The lowest BCUT2D eigenvalue weighted by Crippen LogP contribution is -2.15. The SMILES string of the molecule is CCCC(CCC)C(=S)OCC. The van der Waals surface area contributed by atoms with Crippen molar-refractivity contribution in [1.29, 1.82) is 0 Å². The highest BCUT2D eigenvalue weighted by Crippen LogP contribution is 2.16. The maximum absolute atomic E-state index is 5.34. The lowest BCUT2D eigenvalue weighted by atomic mass is 9.99. The van der Waals surface area contributed by atoms with E-state index in [1.807, 2.05) is 6.92 Å². The summed E-state index contributed by atoms with van der Waals surface area (Å²) in [5.74, 6) is 0.509. The molecule has 2 heteroatoms. The topological polar surface area (TPSA) is 9.23 Å². The normalized spacial score (nSPS) is 10.3. The van der Waals surface area contributed by atoms with E-state index in [2.05, 4.69) is 13.8 Å². The first-order valence-electron chi connectivity index (χ1n) is 4.92. The summed E-state index contributed by atoms with van der Waals surface area (Å²) >= 11 is 5.18. The largest absolute Gasteiger partial charge is 0.487 e. The molecule has 0 aliphatic heterocycles. The summed E-state index contributed by atoms with van der Waals surface area (Å²) in [7, 11) is 0. The second kappa shape index (κ2) is 7.53. The van der Waals surface area contributed by atoms with Crippen LogP contribution in [0.25, 0.3) is 0 Å². The Kier molecular flexibility index (Phi) is 7.47. The number of thiocarbonyl (C=S) groups is 1. The van der Waals surface area contributed by atoms with Gasteiger partial charge in [0.15, 0.2) is 5.05 Å². The lowest BCUT2D eigenvalue weighted by Gasteiger charge is -2.16. The molecule has 0 aromatic heterocycles. The van der Waals surface area contributed by atoms with Crippen LogP contribution in [0.15, 0.2) is 0 Å². The second-order valence-electron chi connectivity index (χ2n) is 3.03. The van der Waals surface area contributed by atoms with Crippen LogP contribution >= 0.6 is 12.2 Å². The fourth-order valence-corrected chi connectivity index (χ4v) is 1.69. The van der Waals surface area contributed by atoms with Gasteiger partial charge in [-0.15, -0.1) is 0 Å². The van der Waals surface area contributed by atoms with Gasteiger partial charge in [0.25, 0.3) is 0 Å². The van der Waals surface area contributed by atoms with Gasteiger partial charge in [-0.2, -0.15) is 0 Å². The molecular weight excluding hydrogens is 168 g/mol. The molecule has 1 nitrogen and oxygen atoms in total. The molecule has 0 aromatic rings. The maximum Gasteiger partial charge on any atom is 0.162 e.